The third kappa shape index (κ3) is 2.31. The second-order valence-electron chi connectivity index (χ2n) is 4.91. The van der Waals surface area contributed by atoms with Gasteiger partial charge >= 0.3 is 0 Å². The number of fused-ring (bicyclic) bond motifs is 1. The summed E-state index contributed by atoms with van der Waals surface area (Å²) in [6.07, 6.45) is 0.663. The molecule has 2 aromatic carbocycles. The lowest BCUT2D eigenvalue weighted by atomic mass is 10.1. The molecule has 0 radical (unpaired) electrons. The van der Waals surface area contributed by atoms with Gasteiger partial charge in [-0.3, -0.25) is 0 Å². The molecule has 2 nitrogen and oxygen atoms in total. The van der Waals surface area contributed by atoms with Gasteiger partial charge in [-0.1, -0.05) is 24.3 Å². The van der Waals surface area contributed by atoms with E-state index in [9.17, 15) is 8.78 Å². The Morgan fingerprint density at radius 2 is 1.80 bits per heavy atom. The molecule has 0 saturated carbocycles. The van der Waals surface area contributed by atoms with Gasteiger partial charge in [0.25, 0.3) is 0 Å². The molecule has 0 amide bonds. The van der Waals surface area contributed by atoms with Crippen molar-refractivity contribution >= 4 is 21.6 Å². The molecule has 0 saturated heterocycles. The molecule has 0 bridgehead atoms. The fourth-order valence-corrected chi connectivity index (χ4v) is 2.95. The van der Waals surface area contributed by atoms with E-state index in [1.807, 2.05) is 24.3 Å². The Morgan fingerprint density at radius 3 is 2.55 bits per heavy atom. The van der Waals surface area contributed by atoms with Gasteiger partial charge in [0.2, 0.25) is 0 Å². The third-order valence-electron chi connectivity index (χ3n) is 3.60. The fraction of sp³-hybridized carbons (Fsp3) is 0.200. The lowest BCUT2D eigenvalue weighted by molar-refractivity contribution is 0.589. The molecule has 3 N–H and O–H groups in total. The highest BCUT2D eigenvalue weighted by atomic mass is 79.9. The van der Waals surface area contributed by atoms with Crippen LogP contribution in [0.4, 0.5) is 14.5 Å². The average molecular weight is 339 g/mol. The molecular formula is C15H13BrF2N2. The molecule has 20 heavy (non-hydrogen) atoms. The molecule has 2 unspecified atom stereocenters. The first kappa shape index (κ1) is 13.5. The summed E-state index contributed by atoms with van der Waals surface area (Å²) in [4.78, 5) is 0. The van der Waals surface area contributed by atoms with Crippen LogP contribution in [0.1, 0.15) is 29.6 Å². The van der Waals surface area contributed by atoms with Crippen LogP contribution in [0, 0.1) is 11.6 Å². The molecule has 0 aliphatic heterocycles. The third-order valence-corrected chi connectivity index (χ3v) is 4.21. The predicted octanol–water partition coefficient (Wildman–Crippen LogP) is 4.28. The summed E-state index contributed by atoms with van der Waals surface area (Å²) in [7, 11) is 0. The predicted molar refractivity (Wildman–Crippen MR) is 78.4 cm³/mol. The van der Waals surface area contributed by atoms with Gasteiger partial charge in [0, 0.05) is 12.1 Å². The normalized spacial score (nSPS) is 20.8. The van der Waals surface area contributed by atoms with Crippen LogP contribution in [0.15, 0.2) is 40.9 Å². The lowest BCUT2D eigenvalue weighted by Crippen LogP contribution is -2.11. The number of nitrogens with two attached hydrogens (primary N) is 1. The van der Waals surface area contributed by atoms with Gasteiger partial charge in [-0.2, -0.15) is 0 Å². The van der Waals surface area contributed by atoms with Gasteiger partial charge in [0.15, 0.2) is 0 Å². The van der Waals surface area contributed by atoms with Crippen molar-refractivity contribution in [3.63, 3.8) is 0 Å². The number of benzene rings is 2. The summed E-state index contributed by atoms with van der Waals surface area (Å²) in [6.45, 7) is 0. The first-order valence-corrected chi connectivity index (χ1v) is 7.11. The maximum absolute atomic E-state index is 13.9. The number of hydrogen-bond donors (Lipinski definition) is 2. The molecule has 0 fully saturated rings. The van der Waals surface area contributed by atoms with Crippen LogP contribution < -0.4 is 11.1 Å². The standard InChI is InChI=1S/C15H13BrF2N2/c16-10-5-12(18)15(6-11(10)17)20-14-7-13(19)8-3-1-2-4-9(8)14/h1-6,13-14,20H,7,19H2. The Labute approximate surface area is 124 Å². The van der Waals surface area contributed by atoms with Crippen LogP contribution in [0.2, 0.25) is 0 Å². The van der Waals surface area contributed by atoms with Crippen LogP contribution >= 0.6 is 15.9 Å². The molecule has 2 aromatic rings. The van der Waals surface area contributed by atoms with Crippen molar-refractivity contribution < 1.29 is 8.78 Å². The highest BCUT2D eigenvalue weighted by molar-refractivity contribution is 9.10. The van der Waals surface area contributed by atoms with Gasteiger partial charge < -0.3 is 11.1 Å². The number of nitrogens with one attached hydrogen (secondary N) is 1. The minimum absolute atomic E-state index is 0.0768. The molecule has 1 aliphatic carbocycles. The van der Waals surface area contributed by atoms with Crippen molar-refractivity contribution in [2.75, 3.05) is 5.32 Å². The molecule has 3 rings (SSSR count). The summed E-state index contributed by atoms with van der Waals surface area (Å²) in [5.41, 5.74) is 8.32. The van der Waals surface area contributed by atoms with E-state index in [4.69, 9.17) is 5.73 Å². The van der Waals surface area contributed by atoms with E-state index in [0.29, 0.717) is 6.42 Å². The fourth-order valence-electron chi connectivity index (χ4n) is 2.63. The van der Waals surface area contributed by atoms with Crippen molar-refractivity contribution in [1.82, 2.24) is 0 Å². The quantitative estimate of drug-likeness (QED) is 0.802. The molecule has 1 aliphatic rings. The van der Waals surface area contributed by atoms with Crippen molar-refractivity contribution in [3.05, 3.63) is 63.6 Å². The summed E-state index contributed by atoms with van der Waals surface area (Å²) in [5, 5.41) is 3.05. The molecule has 0 spiro atoms. The van der Waals surface area contributed by atoms with Gasteiger partial charge in [-0.25, -0.2) is 8.78 Å². The lowest BCUT2D eigenvalue weighted by Gasteiger charge is -2.16. The zero-order chi connectivity index (χ0) is 14.3. The first-order valence-electron chi connectivity index (χ1n) is 6.31. The SMILES string of the molecule is NC1CC(Nc2cc(F)c(Br)cc2F)c2ccccc21. The van der Waals surface area contributed by atoms with E-state index < -0.39 is 11.6 Å². The van der Waals surface area contributed by atoms with E-state index in [1.54, 1.807) is 0 Å². The Balaban J connectivity index is 1.92. The van der Waals surface area contributed by atoms with Crippen LogP contribution in [0.5, 0.6) is 0 Å². The van der Waals surface area contributed by atoms with E-state index in [-0.39, 0.29) is 22.2 Å². The van der Waals surface area contributed by atoms with Crippen molar-refractivity contribution in [3.8, 4) is 0 Å². The van der Waals surface area contributed by atoms with E-state index >= 15 is 0 Å². The number of halogens is 3. The Bertz CT molecular complexity index is 660. The van der Waals surface area contributed by atoms with Gasteiger partial charge in [0.05, 0.1) is 16.2 Å². The number of anilines is 1. The first-order chi connectivity index (χ1) is 9.56. The van der Waals surface area contributed by atoms with E-state index in [2.05, 4.69) is 21.2 Å². The summed E-state index contributed by atoms with van der Waals surface area (Å²) in [6, 6.07) is 9.89. The summed E-state index contributed by atoms with van der Waals surface area (Å²) < 4.78 is 27.5. The minimum Gasteiger partial charge on any atom is -0.376 e. The molecule has 0 aromatic heterocycles. The van der Waals surface area contributed by atoms with Crippen LogP contribution in [-0.2, 0) is 0 Å². The maximum atomic E-state index is 13.9. The summed E-state index contributed by atoms with van der Waals surface area (Å²) in [5.74, 6) is -0.985. The molecule has 5 heteroatoms. The second kappa shape index (κ2) is 5.14. The molecular weight excluding hydrogens is 326 g/mol. The van der Waals surface area contributed by atoms with Crippen LogP contribution in [0.3, 0.4) is 0 Å². The highest BCUT2D eigenvalue weighted by Crippen LogP contribution is 2.39. The Hall–Kier alpha value is -1.46. The zero-order valence-electron chi connectivity index (χ0n) is 10.5. The van der Waals surface area contributed by atoms with Crippen LogP contribution in [0.25, 0.3) is 0 Å². The maximum Gasteiger partial charge on any atom is 0.147 e. The van der Waals surface area contributed by atoms with Gasteiger partial charge in [-0.05, 0) is 39.5 Å². The van der Waals surface area contributed by atoms with Crippen molar-refractivity contribution in [1.29, 1.82) is 0 Å². The average Bonchev–Trinajstić information content (AvgIpc) is 2.74. The second-order valence-corrected chi connectivity index (χ2v) is 5.77. The number of rotatable bonds is 2. The van der Waals surface area contributed by atoms with E-state index in [0.717, 1.165) is 23.3 Å². The minimum atomic E-state index is -0.496. The Kier molecular flexibility index (Phi) is 3.48. The van der Waals surface area contributed by atoms with Crippen LogP contribution in [-0.4, -0.2) is 0 Å². The smallest absolute Gasteiger partial charge is 0.147 e. The highest BCUT2D eigenvalue weighted by Gasteiger charge is 2.28. The zero-order valence-corrected chi connectivity index (χ0v) is 12.1. The Morgan fingerprint density at radius 1 is 1.10 bits per heavy atom. The van der Waals surface area contributed by atoms with Crippen molar-refractivity contribution in [2.45, 2.75) is 18.5 Å². The molecule has 0 heterocycles. The van der Waals surface area contributed by atoms with Gasteiger partial charge in [-0.15, -0.1) is 0 Å². The van der Waals surface area contributed by atoms with E-state index in [1.165, 1.54) is 0 Å². The van der Waals surface area contributed by atoms with Crippen molar-refractivity contribution in [2.24, 2.45) is 5.73 Å². The monoisotopic (exact) mass is 338 g/mol. The molecule has 2 atom stereocenters. The number of hydrogen-bond acceptors (Lipinski definition) is 2. The topological polar surface area (TPSA) is 38.0 Å². The van der Waals surface area contributed by atoms with Gasteiger partial charge in [0.1, 0.15) is 11.6 Å². The summed E-state index contributed by atoms with van der Waals surface area (Å²) >= 11 is 2.97. The largest absolute Gasteiger partial charge is 0.376 e. The molecule has 104 valence electrons.